The Hall–Kier alpha value is -1.17. The average molecular weight is 224 g/mol. The maximum atomic E-state index is 5.76. The summed E-state index contributed by atoms with van der Waals surface area (Å²) in [6, 6.07) is 3.89. The van der Waals surface area contributed by atoms with Gasteiger partial charge in [-0.15, -0.1) is 0 Å². The van der Waals surface area contributed by atoms with E-state index in [1.807, 2.05) is 12.1 Å². The van der Waals surface area contributed by atoms with Crippen LogP contribution in [0, 0.1) is 0 Å². The van der Waals surface area contributed by atoms with Crippen LogP contribution in [0.4, 0.5) is 5.82 Å². The van der Waals surface area contributed by atoms with E-state index in [0.717, 1.165) is 25.0 Å². The summed E-state index contributed by atoms with van der Waals surface area (Å²) in [5.74, 6) is 6.02. The summed E-state index contributed by atoms with van der Waals surface area (Å²) in [6.45, 7) is 3.41. The molecular formula is C11H20N4O. The van der Waals surface area contributed by atoms with Crippen LogP contribution in [0.15, 0.2) is 18.3 Å². The highest BCUT2D eigenvalue weighted by atomic mass is 16.5. The Morgan fingerprint density at radius 2 is 2.38 bits per heavy atom. The number of nitrogens with one attached hydrogen (secondary N) is 1. The normalized spacial score (nSPS) is 12.6. The number of nitrogens with zero attached hydrogens (tertiary/aromatic N) is 1. The molecule has 1 aromatic heterocycles. The molecule has 5 N–H and O–H groups in total. The summed E-state index contributed by atoms with van der Waals surface area (Å²) < 4.78 is 5.44. The van der Waals surface area contributed by atoms with Crippen molar-refractivity contribution in [2.75, 3.05) is 18.9 Å². The van der Waals surface area contributed by atoms with Crippen molar-refractivity contribution in [3.05, 3.63) is 23.9 Å². The maximum absolute atomic E-state index is 5.76. The predicted octanol–water partition coefficient (Wildman–Crippen LogP) is 0.465. The second-order valence-electron chi connectivity index (χ2n) is 3.69. The first-order chi connectivity index (χ1) is 7.77. The highest BCUT2D eigenvalue weighted by molar-refractivity contribution is 5.38. The minimum atomic E-state index is 0.0676. The molecule has 0 amide bonds. The lowest BCUT2D eigenvalue weighted by atomic mass is 10.1. The van der Waals surface area contributed by atoms with Crippen LogP contribution in [-0.2, 0) is 11.2 Å². The first kappa shape index (κ1) is 12.9. The van der Waals surface area contributed by atoms with Gasteiger partial charge in [0.15, 0.2) is 0 Å². The predicted molar refractivity (Wildman–Crippen MR) is 64.6 cm³/mol. The molecule has 1 heterocycles. The molecule has 0 aliphatic carbocycles. The minimum Gasteiger partial charge on any atom is -0.383 e. The maximum Gasteiger partial charge on any atom is 0.126 e. The molecule has 0 radical (unpaired) electrons. The third-order valence-electron chi connectivity index (χ3n) is 2.30. The van der Waals surface area contributed by atoms with Crippen molar-refractivity contribution in [2.24, 2.45) is 5.84 Å². The molecule has 0 spiro atoms. The first-order valence-electron chi connectivity index (χ1n) is 5.51. The lowest BCUT2D eigenvalue weighted by Crippen LogP contribution is -2.40. The summed E-state index contributed by atoms with van der Waals surface area (Å²) >= 11 is 0. The standard InChI is InChI=1S/C11H20N4O/c1-2-6-16-8-10(15-13)7-9-4-3-5-14-11(9)12/h3-5,10,15H,2,6-8,13H2,1H3,(H2,12,14). The van der Waals surface area contributed by atoms with Crippen LogP contribution in [-0.4, -0.2) is 24.2 Å². The van der Waals surface area contributed by atoms with Crippen molar-refractivity contribution in [1.82, 2.24) is 10.4 Å². The van der Waals surface area contributed by atoms with Crippen LogP contribution in [0.2, 0.25) is 0 Å². The van der Waals surface area contributed by atoms with E-state index in [-0.39, 0.29) is 6.04 Å². The molecule has 5 nitrogen and oxygen atoms in total. The van der Waals surface area contributed by atoms with Crippen LogP contribution in [0.3, 0.4) is 0 Å². The zero-order valence-corrected chi connectivity index (χ0v) is 9.65. The number of nitrogen functional groups attached to an aromatic ring is 1. The topological polar surface area (TPSA) is 86.2 Å². The van der Waals surface area contributed by atoms with E-state index in [1.54, 1.807) is 6.20 Å². The van der Waals surface area contributed by atoms with E-state index >= 15 is 0 Å². The smallest absolute Gasteiger partial charge is 0.126 e. The van der Waals surface area contributed by atoms with Gasteiger partial charge in [-0.3, -0.25) is 11.3 Å². The third-order valence-corrected chi connectivity index (χ3v) is 2.30. The second-order valence-corrected chi connectivity index (χ2v) is 3.69. The Kier molecular flexibility index (Phi) is 5.77. The second kappa shape index (κ2) is 7.16. The Morgan fingerprint density at radius 1 is 1.56 bits per heavy atom. The number of nitrogens with two attached hydrogens (primary N) is 2. The number of ether oxygens (including phenoxy) is 1. The van der Waals surface area contributed by atoms with Crippen molar-refractivity contribution >= 4 is 5.82 Å². The number of hydrogen-bond acceptors (Lipinski definition) is 5. The van der Waals surface area contributed by atoms with E-state index in [9.17, 15) is 0 Å². The van der Waals surface area contributed by atoms with Gasteiger partial charge >= 0.3 is 0 Å². The van der Waals surface area contributed by atoms with Crippen LogP contribution < -0.4 is 17.0 Å². The molecule has 0 aromatic carbocycles. The van der Waals surface area contributed by atoms with E-state index in [1.165, 1.54) is 0 Å². The highest BCUT2D eigenvalue weighted by Gasteiger charge is 2.10. The van der Waals surface area contributed by atoms with Gasteiger partial charge in [-0.05, 0) is 24.5 Å². The molecule has 0 saturated heterocycles. The molecule has 0 bridgehead atoms. The fourth-order valence-corrected chi connectivity index (χ4v) is 1.42. The average Bonchev–Trinajstić information content (AvgIpc) is 2.30. The molecule has 0 aliphatic rings. The number of rotatable bonds is 7. The molecule has 0 saturated carbocycles. The Labute approximate surface area is 96.2 Å². The Balaban J connectivity index is 2.46. The van der Waals surface area contributed by atoms with E-state index in [0.29, 0.717) is 12.4 Å². The van der Waals surface area contributed by atoms with Gasteiger partial charge < -0.3 is 10.5 Å². The summed E-state index contributed by atoms with van der Waals surface area (Å²) in [7, 11) is 0. The van der Waals surface area contributed by atoms with Gasteiger partial charge in [-0.1, -0.05) is 13.0 Å². The number of hydrogen-bond donors (Lipinski definition) is 3. The molecule has 1 unspecified atom stereocenters. The van der Waals surface area contributed by atoms with Gasteiger partial charge in [0, 0.05) is 18.8 Å². The van der Waals surface area contributed by atoms with Crippen LogP contribution in [0.5, 0.6) is 0 Å². The van der Waals surface area contributed by atoms with Gasteiger partial charge in [0.25, 0.3) is 0 Å². The number of pyridine rings is 1. The lowest BCUT2D eigenvalue weighted by molar-refractivity contribution is 0.112. The van der Waals surface area contributed by atoms with Crippen molar-refractivity contribution in [1.29, 1.82) is 0 Å². The fourth-order valence-electron chi connectivity index (χ4n) is 1.42. The quantitative estimate of drug-likeness (QED) is 0.356. The molecule has 1 aromatic rings. The van der Waals surface area contributed by atoms with E-state index in [2.05, 4.69) is 17.3 Å². The number of aromatic nitrogens is 1. The Morgan fingerprint density at radius 3 is 3.00 bits per heavy atom. The SMILES string of the molecule is CCCOCC(Cc1cccnc1N)NN. The van der Waals surface area contributed by atoms with Crippen molar-refractivity contribution in [3.63, 3.8) is 0 Å². The van der Waals surface area contributed by atoms with Crippen molar-refractivity contribution in [3.8, 4) is 0 Å². The van der Waals surface area contributed by atoms with Crippen LogP contribution in [0.25, 0.3) is 0 Å². The van der Waals surface area contributed by atoms with Gasteiger partial charge in [0.1, 0.15) is 5.82 Å². The molecule has 1 rings (SSSR count). The zero-order chi connectivity index (χ0) is 11.8. The lowest BCUT2D eigenvalue weighted by Gasteiger charge is -2.16. The molecule has 5 heteroatoms. The fraction of sp³-hybridized carbons (Fsp3) is 0.545. The first-order valence-corrected chi connectivity index (χ1v) is 5.51. The van der Waals surface area contributed by atoms with Gasteiger partial charge in [-0.25, -0.2) is 4.98 Å². The summed E-state index contributed by atoms with van der Waals surface area (Å²) in [5.41, 5.74) is 9.48. The monoisotopic (exact) mass is 224 g/mol. The van der Waals surface area contributed by atoms with E-state index in [4.69, 9.17) is 16.3 Å². The zero-order valence-electron chi connectivity index (χ0n) is 9.65. The molecule has 0 aliphatic heterocycles. The van der Waals surface area contributed by atoms with Gasteiger partial charge in [-0.2, -0.15) is 0 Å². The summed E-state index contributed by atoms with van der Waals surface area (Å²) in [5, 5.41) is 0. The van der Waals surface area contributed by atoms with Crippen molar-refractivity contribution < 1.29 is 4.74 Å². The van der Waals surface area contributed by atoms with Crippen LogP contribution >= 0.6 is 0 Å². The molecule has 90 valence electrons. The number of hydrazine groups is 1. The molecular weight excluding hydrogens is 204 g/mol. The van der Waals surface area contributed by atoms with Gasteiger partial charge in [0.05, 0.1) is 6.61 Å². The molecule has 1 atom stereocenters. The van der Waals surface area contributed by atoms with Gasteiger partial charge in [0.2, 0.25) is 0 Å². The molecule has 0 fully saturated rings. The molecule has 16 heavy (non-hydrogen) atoms. The highest BCUT2D eigenvalue weighted by Crippen LogP contribution is 2.09. The number of anilines is 1. The van der Waals surface area contributed by atoms with Crippen LogP contribution in [0.1, 0.15) is 18.9 Å². The van der Waals surface area contributed by atoms with Crippen molar-refractivity contribution in [2.45, 2.75) is 25.8 Å². The summed E-state index contributed by atoms with van der Waals surface area (Å²) in [4.78, 5) is 4.03. The minimum absolute atomic E-state index is 0.0676. The Bertz CT molecular complexity index is 306. The summed E-state index contributed by atoms with van der Waals surface area (Å²) in [6.07, 6.45) is 3.41. The van der Waals surface area contributed by atoms with E-state index < -0.39 is 0 Å². The largest absolute Gasteiger partial charge is 0.383 e. The third kappa shape index (κ3) is 4.14.